The summed E-state index contributed by atoms with van der Waals surface area (Å²) < 4.78 is 92.8. The zero-order valence-electron chi connectivity index (χ0n) is 38.4. The van der Waals surface area contributed by atoms with Gasteiger partial charge in [0.25, 0.3) is 27.7 Å². The smallest absolute Gasteiger partial charge is 0.355 e. The number of aromatic nitrogens is 5. The normalized spacial score (nSPS) is 20.9. The molecule has 3 fully saturated rings. The number of nitrogens with two attached hydrogens (primary N) is 1. The molecule has 5 N–H and O–H groups in total. The highest BCUT2D eigenvalue weighted by Crippen LogP contribution is 2.44. The molecule has 6 aromatic rings. The number of nitrogens with zero attached hydrogens (tertiary/aromatic N) is 7. The standard InChI is InChI=1S/C48H45F4N11O8S/c1-24(25-6-9-28(49)10-7-25)71-36-18-26(8-11-33(36)59-72(69,70)47(50)51)40-39-41(60(2)58-40)32(22-54-42(39)53)27-21-55-62(23-27)30-14-16-61(17-15-30)46(68)48(52)19-29(20-48)56-34-5-3-4-31-38(34)45(67)63(44(31)66)35-12-13-37(64)57-43(35)65/h3-11,18,21-24,29-30,35,47,56,59H,12-17,19-20H2,1-2H3,(H2,53,54)(H,57,64,65)/t24-,29?,35?,48?/m0/s1. The van der Waals surface area contributed by atoms with Crippen LogP contribution in [-0.2, 0) is 31.5 Å². The second kappa shape index (κ2) is 18.1. The average molecular weight is 1010 g/mol. The molecule has 3 aliphatic heterocycles. The van der Waals surface area contributed by atoms with Gasteiger partial charge in [0.15, 0.2) is 5.67 Å². The Morgan fingerprint density at radius 1 is 0.944 bits per heavy atom. The summed E-state index contributed by atoms with van der Waals surface area (Å²) in [5, 5.41) is 15.1. The van der Waals surface area contributed by atoms with Crippen LogP contribution >= 0.6 is 0 Å². The van der Waals surface area contributed by atoms with Gasteiger partial charge in [0, 0.05) is 80.2 Å². The molecule has 3 aromatic heterocycles. The molecule has 3 aromatic carbocycles. The fourth-order valence-corrected chi connectivity index (χ4v) is 10.5. The molecular formula is C48H45F4N11O8S. The van der Waals surface area contributed by atoms with E-state index in [-0.39, 0.29) is 78.9 Å². The molecule has 1 unspecified atom stereocenters. The number of fused-ring (bicyclic) bond motifs is 2. The van der Waals surface area contributed by atoms with E-state index in [1.54, 1.807) is 47.9 Å². The van der Waals surface area contributed by atoms with E-state index in [0.717, 1.165) is 4.90 Å². The van der Waals surface area contributed by atoms with E-state index in [0.29, 0.717) is 51.7 Å². The molecule has 0 radical (unpaired) electrons. The van der Waals surface area contributed by atoms with Gasteiger partial charge in [-0.3, -0.25) is 48.3 Å². The predicted molar refractivity (Wildman–Crippen MR) is 252 cm³/mol. The summed E-state index contributed by atoms with van der Waals surface area (Å²) in [6, 6.07) is 12.4. The van der Waals surface area contributed by atoms with Crippen LogP contribution in [0.25, 0.3) is 33.3 Å². The van der Waals surface area contributed by atoms with Crippen LogP contribution in [0.15, 0.2) is 79.3 Å². The molecule has 5 amide bonds. The number of amides is 5. The maximum Gasteiger partial charge on any atom is 0.355 e. The highest BCUT2D eigenvalue weighted by Gasteiger charge is 2.54. The number of hydrogen-bond acceptors (Lipinski definition) is 13. The Hall–Kier alpha value is -7.89. The number of nitrogen functional groups attached to an aromatic ring is 1. The summed E-state index contributed by atoms with van der Waals surface area (Å²) in [4.78, 5) is 71.5. The predicted octanol–water partition coefficient (Wildman–Crippen LogP) is 5.87. The van der Waals surface area contributed by atoms with Gasteiger partial charge in [-0.1, -0.05) is 24.3 Å². The highest BCUT2D eigenvalue weighted by atomic mass is 32.2. The summed E-state index contributed by atoms with van der Waals surface area (Å²) in [6.07, 6.45) is 4.86. The number of carbonyl (C=O) groups is 5. The van der Waals surface area contributed by atoms with Crippen molar-refractivity contribution in [3.05, 3.63) is 102 Å². The first kappa shape index (κ1) is 47.8. The van der Waals surface area contributed by atoms with E-state index in [2.05, 4.69) is 20.7 Å². The van der Waals surface area contributed by atoms with Crippen molar-refractivity contribution in [1.82, 2.24) is 39.7 Å². The van der Waals surface area contributed by atoms with Crippen LogP contribution in [0.3, 0.4) is 0 Å². The van der Waals surface area contributed by atoms with Crippen LogP contribution < -0.4 is 25.8 Å². The lowest BCUT2D eigenvalue weighted by atomic mass is 9.75. The molecule has 72 heavy (non-hydrogen) atoms. The number of benzene rings is 3. The molecule has 0 spiro atoms. The van der Waals surface area contributed by atoms with E-state index in [1.807, 2.05) is 10.9 Å². The van der Waals surface area contributed by atoms with Gasteiger partial charge in [-0.15, -0.1) is 0 Å². The number of piperidine rings is 2. The number of imide groups is 2. The Balaban J connectivity index is 0.811. The average Bonchev–Trinajstić information content (AvgIpc) is 4.04. The van der Waals surface area contributed by atoms with Crippen LogP contribution in [0.5, 0.6) is 5.75 Å². The van der Waals surface area contributed by atoms with Crippen LogP contribution in [0, 0.1) is 5.82 Å². The Morgan fingerprint density at radius 3 is 2.39 bits per heavy atom. The lowest BCUT2D eigenvalue weighted by Crippen LogP contribution is -2.58. The zero-order chi connectivity index (χ0) is 51.0. The van der Waals surface area contributed by atoms with Crippen LogP contribution in [0.4, 0.5) is 34.8 Å². The molecule has 0 bridgehead atoms. The highest BCUT2D eigenvalue weighted by molar-refractivity contribution is 7.93. The summed E-state index contributed by atoms with van der Waals surface area (Å²) in [5.41, 5.74) is 7.52. The topological polar surface area (TPSA) is 246 Å². The number of carbonyl (C=O) groups excluding carboxylic acids is 5. The maximum atomic E-state index is 16.2. The fraction of sp³-hybridized carbons (Fsp3) is 0.333. The summed E-state index contributed by atoms with van der Waals surface area (Å²) in [7, 11) is -3.41. The minimum absolute atomic E-state index is 0.00342. The van der Waals surface area contributed by atoms with E-state index >= 15 is 4.39 Å². The Kier molecular flexibility index (Phi) is 12.0. The number of hydrogen-bond donors (Lipinski definition) is 4. The molecule has 10 rings (SSSR count). The SMILES string of the molecule is C[C@H](Oc1cc(-c2nn(C)c3c(-c4cnn(C5CCN(C(=O)C6(F)CC(Nc7cccc8c7C(=O)N(C7CCC(=O)NC7=O)C8=O)C6)CC5)c4)cnc(N)c23)ccc1NS(=O)(=O)C(F)F)c1ccc(F)cc1. The number of nitrogens with one attached hydrogen (secondary N) is 3. The minimum Gasteiger partial charge on any atom is -0.484 e. The largest absolute Gasteiger partial charge is 0.484 e. The number of likely N-dealkylation sites (tertiary alicyclic amines) is 1. The van der Waals surface area contributed by atoms with E-state index in [9.17, 15) is 45.6 Å². The van der Waals surface area contributed by atoms with Gasteiger partial charge in [0.05, 0.1) is 40.0 Å². The molecule has 19 nitrogen and oxygen atoms in total. The van der Waals surface area contributed by atoms with Gasteiger partial charge in [-0.25, -0.2) is 22.2 Å². The lowest BCUT2D eigenvalue weighted by molar-refractivity contribution is -0.152. The monoisotopic (exact) mass is 1010 g/mol. The molecular weight excluding hydrogens is 967 g/mol. The van der Waals surface area contributed by atoms with Gasteiger partial charge >= 0.3 is 5.76 Å². The van der Waals surface area contributed by atoms with Crippen LogP contribution in [-0.4, -0.2) is 109 Å². The van der Waals surface area contributed by atoms with E-state index < -0.39 is 75.0 Å². The van der Waals surface area contributed by atoms with Crippen molar-refractivity contribution < 1.29 is 54.7 Å². The third-order valence-corrected chi connectivity index (χ3v) is 14.6. The Bertz CT molecular complexity index is 3340. The number of ether oxygens (including phenoxy) is 1. The molecule has 24 heteroatoms. The third kappa shape index (κ3) is 8.51. The van der Waals surface area contributed by atoms with Crippen molar-refractivity contribution in [3.63, 3.8) is 0 Å². The van der Waals surface area contributed by atoms with E-state index in [1.165, 1.54) is 53.4 Å². The Morgan fingerprint density at radius 2 is 1.68 bits per heavy atom. The lowest BCUT2D eigenvalue weighted by Gasteiger charge is -2.44. The van der Waals surface area contributed by atoms with Crippen molar-refractivity contribution >= 4 is 67.7 Å². The molecule has 6 heterocycles. The zero-order valence-corrected chi connectivity index (χ0v) is 39.3. The van der Waals surface area contributed by atoms with Gasteiger partial charge in [0.2, 0.25) is 11.8 Å². The number of rotatable bonds is 13. The van der Waals surface area contributed by atoms with Crippen molar-refractivity contribution in [2.75, 3.05) is 28.9 Å². The minimum atomic E-state index is -5.10. The number of sulfonamides is 1. The van der Waals surface area contributed by atoms with Crippen molar-refractivity contribution in [3.8, 4) is 28.1 Å². The summed E-state index contributed by atoms with van der Waals surface area (Å²) in [5.74, 6) is -7.44. The summed E-state index contributed by atoms with van der Waals surface area (Å²) in [6.45, 7) is 2.15. The molecule has 2 atom stereocenters. The van der Waals surface area contributed by atoms with Crippen molar-refractivity contribution in [2.24, 2.45) is 7.05 Å². The Labute approximate surface area is 407 Å². The number of anilines is 3. The first-order chi connectivity index (χ1) is 34.3. The third-order valence-electron chi connectivity index (χ3n) is 13.7. The van der Waals surface area contributed by atoms with Crippen LogP contribution in [0.2, 0.25) is 0 Å². The number of aryl methyl sites for hydroxylation is 1. The van der Waals surface area contributed by atoms with Crippen molar-refractivity contribution in [2.45, 2.75) is 81.1 Å². The van der Waals surface area contributed by atoms with Gasteiger partial charge in [-0.2, -0.15) is 19.0 Å². The first-order valence-electron chi connectivity index (χ1n) is 22.9. The number of alkyl halides is 3. The quantitative estimate of drug-likeness (QED) is 0.0782. The second-order valence-electron chi connectivity index (χ2n) is 18.3. The molecule has 1 saturated carbocycles. The van der Waals surface area contributed by atoms with Gasteiger partial charge in [-0.05, 0) is 68.1 Å². The number of halogens is 4. The molecule has 2 saturated heterocycles. The fourth-order valence-electron chi connectivity index (χ4n) is 9.94. The van der Waals surface area contributed by atoms with Crippen LogP contribution in [0.1, 0.15) is 83.9 Å². The second-order valence-corrected chi connectivity index (χ2v) is 20.0. The first-order valence-corrected chi connectivity index (χ1v) is 24.5. The molecule has 1 aliphatic carbocycles. The van der Waals surface area contributed by atoms with Crippen molar-refractivity contribution in [1.29, 1.82) is 0 Å². The summed E-state index contributed by atoms with van der Waals surface area (Å²) >= 11 is 0. The maximum absolute atomic E-state index is 16.2. The number of pyridine rings is 1. The van der Waals surface area contributed by atoms with E-state index in [4.69, 9.17) is 15.6 Å². The molecule has 4 aliphatic rings. The van der Waals surface area contributed by atoms with Gasteiger partial charge < -0.3 is 20.7 Å². The molecule has 374 valence electrons. The van der Waals surface area contributed by atoms with Gasteiger partial charge in [0.1, 0.15) is 35.2 Å².